The molecule has 0 radical (unpaired) electrons. The van der Waals surface area contributed by atoms with Crippen LogP contribution in [-0.4, -0.2) is 0 Å². The number of rotatable bonds is 1. The number of aromatic amines is 1. The SMILES string of the molecule is Cc1ccc(-c2ccc(C)c[nH+]2)cc1. The van der Waals surface area contributed by atoms with E-state index >= 15 is 0 Å². The third kappa shape index (κ3) is 1.82. The first-order valence-electron chi connectivity index (χ1n) is 4.81. The van der Waals surface area contributed by atoms with E-state index in [1.807, 2.05) is 6.20 Å². The van der Waals surface area contributed by atoms with Crippen molar-refractivity contribution in [3.8, 4) is 11.3 Å². The second-order valence-corrected chi connectivity index (χ2v) is 3.65. The fourth-order valence-electron chi connectivity index (χ4n) is 1.42. The highest BCUT2D eigenvalue weighted by molar-refractivity contribution is 5.56. The molecule has 0 saturated heterocycles. The standard InChI is InChI=1S/C13H13N/c1-10-3-6-12(7-4-10)13-8-5-11(2)9-14-13/h3-9H,1-2H3/p+1. The molecule has 0 saturated carbocycles. The molecule has 1 aromatic carbocycles. The van der Waals surface area contributed by atoms with Gasteiger partial charge in [-0.25, -0.2) is 4.98 Å². The van der Waals surface area contributed by atoms with Gasteiger partial charge in [-0.05, 0) is 32.0 Å². The lowest BCUT2D eigenvalue weighted by Gasteiger charge is -1.96. The first-order chi connectivity index (χ1) is 6.75. The minimum Gasteiger partial charge on any atom is -0.211 e. The van der Waals surface area contributed by atoms with E-state index in [9.17, 15) is 0 Å². The van der Waals surface area contributed by atoms with Crippen LogP contribution in [0.15, 0.2) is 42.6 Å². The molecule has 0 aliphatic carbocycles. The average molecular weight is 184 g/mol. The molecule has 0 amide bonds. The largest absolute Gasteiger partial charge is 0.211 e. The van der Waals surface area contributed by atoms with Gasteiger partial charge in [-0.3, -0.25) is 0 Å². The van der Waals surface area contributed by atoms with Crippen molar-refractivity contribution in [2.45, 2.75) is 13.8 Å². The summed E-state index contributed by atoms with van der Waals surface area (Å²) in [6, 6.07) is 12.8. The molecule has 0 fully saturated rings. The van der Waals surface area contributed by atoms with E-state index < -0.39 is 0 Å². The van der Waals surface area contributed by atoms with Crippen molar-refractivity contribution < 1.29 is 4.98 Å². The Kier molecular flexibility index (Phi) is 2.32. The average Bonchev–Trinajstić information content (AvgIpc) is 2.21. The van der Waals surface area contributed by atoms with Gasteiger partial charge in [0.2, 0.25) is 5.69 Å². The van der Waals surface area contributed by atoms with E-state index in [4.69, 9.17) is 0 Å². The van der Waals surface area contributed by atoms with Crippen molar-refractivity contribution in [3.05, 3.63) is 53.7 Å². The number of nitrogens with one attached hydrogen (secondary N) is 1. The first kappa shape index (κ1) is 8.95. The van der Waals surface area contributed by atoms with Crippen molar-refractivity contribution >= 4 is 0 Å². The Balaban J connectivity index is 2.40. The van der Waals surface area contributed by atoms with E-state index in [1.165, 1.54) is 16.7 Å². The minimum atomic E-state index is 1.16. The summed E-state index contributed by atoms with van der Waals surface area (Å²) in [5.41, 5.74) is 4.94. The van der Waals surface area contributed by atoms with E-state index in [1.54, 1.807) is 0 Å². The van der Waals surface area contributed by atoms with Crippen molar-refractivity contribution in [1.82, 2.24) is 0 Å². The van der Waals surface area contributed by atoms with E-state index in [2.05, 4.69) is 55.2 Å². The summed E-state index contributed by atoms with van der Waals surface area (Å²) in [6.45, 7) is 4.18. The number of aryl methyl sites for hydroxylation is 2. The van der Waals surface area contributed by atoms with Gasteiger partial charge in [0.15, 0.2) is 6.20 Å². The van der Waals surface area contributed by atoms with Gasteiger partial charge in [0.25, 0.3) is 0 Å². The number of hydrogen-bond donors (Lipinski definition) is 0. The monoisotopic (exact) mass is 184 g/mol. The fraction of sp³-hybridized carbons (Fsp3) is 0.154. The van der Waals surface area contributed by atoms with E-state index in [-0.39, 0.29) is 0 Å². The summed E-state index contributed by atoms with van der Waals surface area (Å²) in [6.07, 6.45) is 2.02. The Morgan fingerprint density at radius 1 is 0.786 bits per heavy atom. The maximum atomic E-state index is 3.27. The van der Waals surface area contributed by atoms with Crippen LogP contribution in [0.4, 0.5) is 0 Å². The van der Waals surface area contributed by atoms with Gasteiger partial charge >= 0.3 is 0 Å². The lowest BCUT2D eigenvalue weighted by molar-refractivity contribution is -0.365. The quantitative estimate of drug-likeness (QED) is 0.647. The molecular formula is C13H14N+. The van der Waals surface area contributed by atoms with Gasteiger partial charge in [-0.15, -0.1) is 0 Å². The molecule has 1 aromatic heterocycles. The molecule has 70 valence electrons. The molecule has 1 N–H and O–H groups in total. The van der Waals surface area contributed by atoms with Crippen molar-refractivity contribution in [3.63, 3.8) is 0 Å². The van der Waals surface area contributed by atoms with Gasteiger partial charge in [0.05, 0.1) is 0 Å². The van der Waals surface area contributed by atoms with Crippen LogP contribution in [0.2, 0.25) is 0 Å². The normalized spacial score (nSPS) is 10.1. The molecule has 1 heteroatoms. The van der Waals surface area contributed by atoms with Crippen molar-refractivity contribution in [2.75, 3.05) is 0 Å². The first-order valence-corrected chi connectivity index (χ1v) is 4.81. The van der Waals surface area contributed by atoms with Crippen LogP contribution in [-0.2, 0) is 0 Å². The molecule has 14 heavy (non-hydrogen) atoms. The van der Waals surface area contributed by atoms with Crippen molar-refractivity contribution in [2.24, 2.45) is 0 Å². The minimum absolute atomic E-state index is 1.16. The van der Waals surface area contributed by atoms with Crippen LogP contribution in [0.5, 0.6) is 0 Å². The molecule has 0 spiro atoms. The van der Waals surface area contributed by atoms with Crippen LogP contribution in [0, 0.1) is 13.8 Å². The zero-order valence-corrected chi connectivity index (χ0v) is 8.54. The Bertz CT molecular complexity index is 368. The van der Waals surface area contributed by atoms with Crippen LogP contribution in [0.25, 0.3) is 11.3 Å². The summed E-state index contributed by atoms with van der Waals surface area (Å²) >= 11 is 0. The zero-order valence-electron chi connectivity index (χ0n) is 8.54. The maximum Gasteiger partial charge on any atom is 0.210 e. The highest BCUT2D eigenvalue weighted by Crippen LogP contribution is 2.14. The van der Waals surface area contributed by atoms with Crippen LogP contribution < -0.4 is 4.98 Å². The smallest absolute Gasteiger partial charge is 0.210 e. The van der Waals surface area contributed by atoms with Gasteiger partial charge < -0.3 is 0 Å². The topological polar surface area (TPSA) is 14.1 Å². The second kappa shape index (κ2) is 3.62. The summed E-state index contributed by atoms with van der Waals surface area (Å²) < 4.78 is 0. The van der Waals surface area contributed by atoms with Crippen LogP contribution in [0.3, 0.4) is 0 Å². The summed E-state index contributed by atoms with van der Waals surface area (Å²) in [5.74, 6) is 0. The number of benzene rings is 1. The fourth-order valence-corrected chi connectivity index (χ4v) is 1.42. The molecule has 2 rings (SSSR count). The Morgan fingerprint density at radius 2 is 1.43 bits per heavy atom. The summed E-state index contributed by atoms with van der Waals surface area (Å²) in [4.78, 5) is 3.27. The molecule has 2 aromatic rings. The highest BCUT2D eigenvalue weighted by Gasteiger charge is 2.03. The highest BCUT2D eigenvalue weighted by atomic mass is 14.7. The van der Waals surface area contributed by atoms with E-state index in [0.29, 0.717) is 0 Å². The van der Waals surface area contributed by atoms with Gasteiger partial charge in [0, 0.05) is 17.2 Å². The zero-order chi connectivity index (χ0) is 9.97. The molecule has 0 bridgehead atoms. The predicted molar refractivity (Wildman–Crippen MR) is 57.9 cm³/mol. The lowest BCUT2D eigenvalue weighted by atomic mass is 10.1. The molecule has 1 heterocycles. The number of H-pyrrole nitrogens is 1. The third-order valence-corrected chi connectivity index (χ3v) is 2.33. The Morgan fingerprint density at radius 3 is 2.00 bits per heavy atom. The maximum absolute atomic E-state index is 3.27. The lowest BCUT2D eigenvalue weighted by Crippen LogP contribution is -2.05. The molecule has 1 nitrogen and oxygen atoms in total. The molecule has 0 unspecified atom stereocenters. The number of hydrogen-bond acceptors (Lipinski definition) is 0. The Labute approximate surface area is 84.4 Å². The molecule has 0 atom stereocenters. The third-order valence-electron chi connectivity index (χ3n) is 2.33. The van der Waals surface area contributed by atoms with Gasteiger partial charge in [-0.1, -0.05) is 17.7 Å². The molecule has 0 aliphatic heterocycles. The number of pyridine rings is 1. The van der Waals surface area contributed by atoms with Crippen molar-refractivity contribution in [1.29, 1.82) is 0 Å². The Hall–Kier alpha value is -1.63. The summed E-state index contributed by atoms with van der Waals surface area (Å²) in [7, 11) is 0. The van der Waals surface area contributed by atoms with Crippen LogP contribution in [0.1, 0.15) is 11.1 Å². The second-order valence-electron chi connectivity index (χ2n) is 3.65. The van der Waals surface area contributed by atoms with E-state index in [0.717, 1.165) is 5.69 Å². The van der Waals surface area contributed by atoms with Crippen LogP contribution >= 0.6 is 0 Å². The van der Waals surface area contributed by atoms with Gasteiger partial charge in [0.1, 0.15) is 0 Å². The number of aromatic nitrogens is 1. The van der Waals surface area contributed by atoms with Gasteiger partial charge in [-0.2, -0.15) is 0 Å². The molecule has 0 aliphatic rings. The summed E-state index contributed by atoms with van der Waals surface area (Å²) in [5, 5.41) is 0. The molecular weight excluding hydrogens is 170 g/mol. The predicted octanol–water partition coefficient (Wildman–Crippen LogP) is 2.78.